The first kappa shape index (κ1) is 14.9. The van der Waals surface area contributed by atoms with Crippen LogP contribution in [0.3, 0.4) is 0 Å². The summed E-state index contributed by atoms with van der Waals surface area (Å²) in [6.45, 7) is 1.77. The molecule has 0 amide bonds. The van der Waals surface area contributed by atoms with Crippen molar-refractivity contribution in [3.8, 4) is 0 Å². The first-order chi connectivity index (χ1) is 9.94. The molecule has 1 aromatic heterocycles. The molecule has 0 radical (unpaired) electrons. The second-order valence-electron chi connectivity index (χ2n) is 4.05. The molecule has 2 rings (SSSR count). The van der Waals surface area contributed by atoms with Crippen LogP contribution in [0.5, 0.6) is 0 Å². The third kappa shape index (κ3) is 3.31. The van der Waals surface area contributed by atoms with Crippen LogP contribution in [-0.2, 0) is 16.4 Å². The van der Waals surface area contributed by atoms with Gasteiger partial charge in [-0.2, -0.15) is 5.10 Å². The van der Waals surface area contributed by atoms with Crippen molar-refractivity contribution in [2.45, 2.75) is 18.2 Å². The molecule has 0 saturated heterocycles. The fourth-order valence-electron chi connectivity index (χ4n) is 1.70. The van der Waals surface area contributed by atoms with E-state index in [0.717, 1.165) is 6.07 Å². The van der Waals surface area contributed by atoms with E-state index in [4.69, 9.17) is 5.11 Å². The Balaban J connectivity index is 2.48. The highest BCUT2D eigenvalue weighted by Gasteiger charge is 2.21. The Hall–Kier alpha value is -2.55. The van der Waals surface area contributed by atoms with Gasteiger partial charge in [0.25, 0.3) is 16.0 Å². The lowest BCUT2D eigenvalue weighted by atomic mass is 10.1. The lowest BCUT2D eigenvalue weighted by molar-refractivity contribution is 0.0696. The molecule has 8 nitrogen and oxygen atoms in total. The highest BCUT2D eigenvalue weighted by molar-refractivity contribution is 7.92. The lowest BCUT2D eigenvalue weighted by Crippen LogP contribution is -2.17. The Bertz CT molecular complexity index is 762. The minimum Gasteiger partial charge on any atom is -0.478 e. The van der Waals surface area contributed by atoms with E-state index in [1.807, 2.05) is 0 Å². The minimum atomic E-state index is -3.99. The van der Waals surface area contributed by atoms with Crippen LogP contribution in [0, 0.1) is 0 Å². The first-order valence-electron chi connectivity index (χ1n) is 5.96. The Morgan fingerprint density at radius 3 is 2.67 bits per heavy atom. The van der Waals surface area contributed by atoms with Crippen LogP contribution in [0.4, 0.5) is 5.95 Å². The van der Waals surface area contributed by atoms with Crippen LogP contribution >= 0.6 is 0 Å². The summed E-state index contributed by atoms with van der Waals surface area (Å²) in [6, 6.07) is 3.95. The number of carboxylic acid groups (broad SMARTS) is 1. The van der Waals surface area contributed by atoms with Crippen LogP contribution in [0.1, 0.15) is 22.8 Å². The molecule has 1 aromatic carbocycles. The largest absolute Gasteiger partial charge is 0.478 e. The zero-order chi connectivity index (χ0) is 15.5. The maximum Gasteiger partial charge on any atom is 0.335 e. The fraction of sp³-hybridized carbons (Fsp3) is 0.167. The van der Waals surface area contributed by atoms with Crippen molar-refractivity contribution in [3.05, 3.63) is 41.7 Å². The maximum atomic E-state index is 12.3. The average Bonchev–Trinajstić information content (AvgIpc) is 2.47. The summed E-state index contributed by atoms with van der Waals surface area (Å²) in [5.41, 5.74) is 0.385. The number of nitrogens with zero attached hydrogens (tertiary/aromatic N) is 3. The van der Waals surface area contributed by atoms with Gasteiger partial charge in [-0.25, -0.2) is 22.9 Å². The molecule has 0 saturated carbocycles. The molecule has 0 fully saturated rings. The monoisotopic (exact) mass is 308 g/mol. The first-order valence-corrected chi connectivity index (χ1v) is 7.45. The van der Waals surface area contributed by atoms with Crippen molar-refractivity contribution >= 4 is 21.9 Å². The van der Waals surface area contributed by atoms with Crippen LogP contribution < -0.4 is 4.72 Å². The number of sulfonamides is 1. The van der Waals surface area contributed by atoms with E-state index < -0.39 is 16.0 Å². The van der Waals surface area contributed by atoms with Gasteiger partial charge in [-0.05, 0) is 24.1 Å². The van der Waals surface area contributed by atoms with Gasteiger partial charge in [-0.1, -0.05) is 13.0 Å². The number of carboxylic acids is 1. The van der Waals surface area contributed by atoms with Crippen molar-refractivity contribution in [3.63, 3.8) is 0 Å². The molecule has 0 bridgehead atoms. The predicted octanol–water partition coefficient (Wildman–Crippen LogP) is 0.933. The molecule has 0 spiro atoms. The van der Waals surface area contributed by atoms with Gasteiger partial charge < -0.3 is 5.11 Å². The SMILES string of the molecule is CCc1ccc(C(=O)O)cc1S(=O)(=O)Nc1nccnn1. The maximum absolute atomic E-state index is 12.3. The Labute approximate surface area is 120 Å². The molecule has 2 N–H and O–H groups in total. The van der Waals surface area contributed by atoms with Crippen LogP contribution in [0.2, 0.25) is 0 Å². The molecular weight excluding hydrogens is 296 g/mol. The van der Waals surface area contributed by atoms with Crippen molar-refractivity contribution in [1.82, 2.24) is 15.2 Å². The van der Waals surface area contributed by atoms with Gasteiger partial charge in [0.15, 0.2) is 0 Å². The van der Waals surface area contributed by atoms with Crippen LogP contribution in [0.15, 0.2) is 35.5 Å². The molecule has 2 aromatic rings. The summed E-state index contributed by atoms with van der Waals surface area (Å²) in [4.78, 5) is 14.6. The van der Waals surface area contributed by atoms with Crippen LogP contribution in [0.25, 0.3) is 0 Å². The number of carbonyl (C=O) groups is 1. The number of hydrogen-bond acceptors (Lipinski definition) is 6. The van der Waals surface area contributed by atoms with Gasteiger partial charge in [0, 0.05) is 0 Å². The molecule has 0 aliphatic heterocycles. The quantitative estimate of drug-likeness (QED) is 0.842. The summed E-state index contributed by atoms with van der Waals surface area (Å²) in [6.07, 6.45) is 3.03. The van der Waals surface area contributed by atoms with E-state index in [0.29, 0.717) is 12.0 Å². The van der Waals surface area contributed by atoms with E-state index in [9.17, 15) is 13.2 Å². The summed E-state index contributed by atoms with van der Waals surface area (Å²) in [5, 5.41) is 16.0. The molecule has 0 aliphatic rings. The third-order valence-electron chi connectivity index (χ3n) is 2.69. The normalized spacial score (nSPS) is 11.1. The molecule has 9 heteroatoms. The van der Waals surface area contributed by atoms with E-state index >= 15 is 0 Å². The topological polar surface area (TPSA) is 122 Å². The average molecular weight is 308 g/mol. The zero-order valence-corrected chi connectivity index (χ0v) is 11.8. The van der Waals surface area contributed by atoms with Gasteiger partial charge in [0.1, 0.15) is 0 Å². The highest BCUT2D eigenvalue weighted by atomic mass is 32.2. The summed E-state index contributed by atoms with van der Waals surface area (Å²) in [7, 11) is -3.99. The third-order valence-corrected chi connectivity index (χ3v) is 4.10. The van der Waals surface area contributed by atoms with Crippen molar-refractivity contribution in [2.75, 3.05) is 4.72 Å². The molecule has 0 atom stereocenters. The standard InChI is InChI=1S/C12H12N4O4S/c1-2-8-3-4-9(11(17)18)7-10(8)21(19,20)16-12-13-5-6-14-15-12/h3-7H,2H2,1H3,(H,17,18)(H,13,15,16). The van der Waals surface area contributed by atoms with Gasteiger partial charge in [-0.15, -0.1) is 5.10 Å². The molecule has 1 heterocycles. The van der Waals surface area contributed by atoms with E-state index in [2.05, 4.69) is 19.9 Å². The van der Waals surface area contributed by atoms with E-state index in [-0.39, 0.29) is 16.4 Å². The number of nitrogens with one attached hydrogen (secondary N) is 1. The molecule has 0 unspecified atom stereocenters. The molecule has 110 valence electrons. The van der Waals surface area contributed by atoms with Crippen molar-refractivity contribution in [1.29, 1.82) is 0 Å². The Morgan fingerprint density at radius 1 is 1.33 bits per heavy atom. The number of benzene rings is 1. The van der Waals surface area contributed by atoms with E-state index in [1.165, 1.54) is 24.5 Å². The predicted molar refractivity (Wildman–Crippen MR) is 73.4 cm³/mol. The van der Waals surface area contributed by atoms with Crippen LogP contribution in [-0.4, -0.2) is 34.7 Å². The number of aryl methyl sites for hydroxylation is 1. The molecule has 0 aliphatic carbocycles. The summed E-state index contributed by atoms with van der Waals surface area (Å²) < 4.78 is 26.9. The number of aromatic carboxylic acids is 1. The second kappa shape index (κ2) is 5.83. The number of rotatable bonds is 5. The van der Waals surface area contributed by atoms with Crippen molar-refractivity contribution in [2.24, 2.45) is 0 Å². The number of hydrogen-bond donors (Lipinski definition) is 2. The zero-order valence-electron chi connectivity index (χ0n) is 11.0. The van der Waals surface area contributed by atoms with Gasteiger partial charge in [-0.3, -0.25) is 0 Å². The number of aromatic nitrogens is 3. The lowest BCUT2D eigenvalue weighted by Gasteiger charge is -2.10. The number of anilines is 1. The Morgan fingerprint density at radius 2 is 2.10 bits per heavy atom. The van der Waals surface area contributed by atoms with E-state index in [1.54, 1.807) is 6.92 Å². The molecule has 21 heavy (non-hydrogen) atoms. The summed E-state index contributed by atoms with van der Waals surface area (Å²) in [5.74, 6) is -1.38. The van der Waals surface area contributed by atoms with Crippen molar-refractivity contribution < 1.29 is 18.3 Å². The van der Waals surface area contributed by atoms with Gasteiger partial charge in [0.2, 0.25) is 0 Å². The minimum absolute atomic E-state index is 0.111. The Kier molecular flexibility index (Phi) is 4.13. The summed E-state index contributed by atoms with van der Waals surface area (Å²) >= 11 is 0. The fourth-order valence-corrected chi connectivity index (χ4v) is 2.98. The van der Waals surface area contributed by atoms with Gasteiger partial charge >= 0.3 is 5.97 Å². The molecular formula is C12H12N4O4S. The van der Waals surface area contributed by atoms with Gasteiger partial charge in [0.05, 0.1) is 22.9 Å². The smallest absolute Gasteiger partial charge is 0.335 e. The highest BCUT2D eigenvalue weighted by Crippen LogP contribution is 2.20. The second-order valence-corrected chi connectivity index (χ2v) is 5.70.